The van der Waals surface area contributed by atoms with Crippen molar-refractivity contribution in [1.82, 2.24) is 5.32 Å². The number of rotatable bonds is 6. The lowest BCUT2D eigenvalue weighted by Gasteiger charge is -2.21. The average Bonchev–Trinajstić information content (AvgIpc) is 2.49. The van der Waals surface area contributed by atoms with Crippen molar-refractivity contribution < 1.29 is 9.13 Å². The molecule has 1 unspecified atom stereocenters. The molecule has 1 N–H and O–H groups in total. The standard InChI is InChI=1S/C18H22FNO/c1-4-20-18(12-14-7-5-6-8-17(14)19)16-10-9-15(21-3)11-13(16)2/h5-11,18,20H,4,12H2,1-3H3. The van der Waals surface area contributed by atoms with Crippen LogP contribution in [-0.2, 0) is 6.42 Å². The van der Waals surface area contributed by atoms with E-state index in [1.165, 1.54) is 11.6 Å². The Morgan fingerprint density at radius 3 is 2.57 bits per heavy atom. The van der Waals surface area contributed by atoms with Crippen LogP contribution in [0.2, 0.25) is 0 Å². The molecule has 0 spiro atoms. The Hall–Kier alpha value is -1.87. The molecule has 3 heteroatoms. The number of hydrogen-bond donors (Lipinski definition) is 1. The van der Waals surface area contributed by atoms with Gasteiger partial charge in [0.25, 0.3) is 0 Å². The normalized spacial score (nSPS) is 12.2. The average molecular weight is 287 g/mol. The van der Waals surface area contributed by atoms with Gasteiger partial charge in [-0.25, -0.2) is 4.39 Å². The van der Waals surface area contributed by atoms with E-state index < -0.39 is 0 Å². The number of likely N-dealkylation sites (N-methyl/N-ethyl adjacent to an activating group) is 1. The largest absolute Gasteiger partial charge is 0.497 e. The highest BCUT2D eigenvalue weighted by Crippen LogP contribution is 2.26. The van der Waals surface area contributed by atoms with Gasteiger partial charge in [-0.05, 0) is 54.8 Å². The fourth-order valence-corrected chi connectivity index (χ4v) is 2.59. The van der Waals surface area contributed by atoms with E-state index in [1.807, 2.05) is 24.3 Å². The molecule has 0 aliphatic rings. The Morgan fingerprint density at radius 2 is 1.95 bits per heavy atom. The number of halogens is 1. The highest BCUT2D eigenvalue weighted by atomic mass is 19.1. The zero-order valence-corrected chi connectivity index (χ0v) is 12.8. The zero-order valence-electron chi connectivity index (χ0n) is 12.8. The summed E-state index contributed by atoms with van der Waals surface area (Å²) in [5, 5.41) is 3.45. The maximum atomic E-state index is 13.9. The minimum atomic E-state index is -0.147. The predicted octanol–water partition coefficient (Wildman–Crippen LogP) is 4.04. The van der Waals surface area contributed by atoms with Gasteiger partial charge in [0, 0.05) is 6.04 Å². The van der Waals surface area contributed by atoms with Gasteiger partial charge >= 0.3 is 0 Å². The van der Waals surface area contributed by atoms with Gasteiger partial charge in [-0.3, -0.25) is 0 Å². The Balaban J connectivity index is 2.29. The molecular formula is C18H22FNO. The van der Waals surface area contributed by atoms with Crippen LogP contribution < -0.4 is 10.1 Å². The van der Waals surface area contributed by atoms with Crippen molar-refractivity contribution in [2.75, 3.05) is 13.7 Å². The second kappa shape index (κ2) is 7.23. The fraction of sp³-hybridized carbons (Fsp3) is 0.333. The molecule has 0 bridgehead atoms. The summed E-state index contributed by atoms with van der Waals surface area (Å²) < 4.78 is 19.1. The van der Waals surface area contributed by atoms with Crippen LogP contribution in [0.4, 0.5) is 4.39 Å². The maximum absolute atomic E-state index is 13.9. The number of hydrogen-bond acceptors (Lipinski definition) is 2. The molecule has 0 aliphatic heterocycles. The predicted molar refractivity (Wildman–Crippen MR) is 84.3 cm³/mol. The summed E-state index contributed by atoms with van der Waals surface area (Å²) in [5.74, 6) is 0.698. The Labute approximate surface area is 126 Å². The van der Waals surface area contributed by atoms with Crippen molar-refractivity contribution in [2.24, 2.45) is 0 Å². The molecule has 21 heavy (non-hydrogen) atoms. The van der Waals surface area contributed by atoms with E-state index in [0.717, 1.165) is 23.4 Å². The van der Waals surface area contributed by atoms with Crippen LogP contribution in [0.3, 0.4) is 0 Å². The van der Waals surface area contributed by atoms with Crippen LogP contribution in [0.15, 0.2) is 42.5 Å². The summed E-state index contributed by atoms with van der Waals surface area (Å²) in [6, 6.07) is 13.1. The molecule has 2 aromatic carbocycles. The van der Waals surface area contributed by atoms with Crippen LogP contribution in [-0.4, -0.2) is 13.7 Å². The number of benzene rings is 2. The quantitative estimate of drug-likeness (QED) is 0.866. The van der Waals surface area contributed by atoms with Gasteiger partial charge in [-0.1, -0.05) is 31.2 Å². The van der Waals surface area contributed by atoms with E-state index >= 15 is 0 Å². The first-order valence-electron chi connectivity index (χ1n) is 7.27. The van der Waals surface area contributed by atoms with Crippen LogP contribution in [0.5, 0.6) is 5.75 Å². The van der Waals surface area contributed by atoms with Crippen molar-refractivity contribution in [2.45, 2.75) is 26.3 Å². The van der Waals surface area contributed by atoms with Gasteiger partial charge in [0.15, 0.2) is 0 Å². The van der Waals surface area contributed by atoms with Gasteiger partial charge < -0.3 is 10.1 Å². The van der Waals surface area contributed by atoms with E-state index in [2.05, 4.69) is 25.2 Å². The summed E-state index contributed by atoms with van der Waals surface area (Å²) >= 11 is 0. The van der Waals surface area contributed by atoms with Crippen LogP contribution >= 0.6 is 0 Å². The lowest BCUT2D eigenvalue weighted by atomic mass is 9.95. The summed E-state index contributed by atoms with van der Waals surface area (Å²) in [5.41, 5.74) is 3.07. The molecule has 0 aliphatic carbocycles. The lowest BCUT2D eigenvalue weighted by molar-refractivity contribution is 0.413. The van der Waals surface area contributed by atoms with Crippen molar-refractivity contribution >= 4 is 0 Å². The molecule has 0 radical (unpaired) electrons. The van der Waals surface area contributed by atoms with Crippen molar-refractivity contribution in [3.63, 3.8) is 0 Å². The molecule has 0 aromatic heterocycles. The molecule has 2 aromatic rings. The third-order valence-corrected chi connectivity index (χ3v) is 3.68. The molecule has 0 saturated carbocycles. The van der Waals surface area contributed by atoms with Gasteiger partial charge in [0.05, 0.1) is 7.11 Å². The van der Waals surface area contributed by atoms with Crippen molar-refractivity contribution in [3.05, 3.63) is 65.0 Å². The molecular weight excluding hydrogens is 265 g/mol. The minimum absolute atomic E-state index is 0.0952. The number of aryl methyl sites for hydroxylation is 1. The van der Waals surface area contributed by atoms with Gasteiger partial charge in [0.1, 0.15) is 11.6 Å². The third-order valence-electron chi connectivity index (χ3n) is 3.68. The van der Waals surface area contributed by atoms with Crippen LogP contribution in [0.25, 0.3) is 0 Å². The van der Waals surface area contributed by atoms with Crippen LogP contribution in [0, 0.1) is 12.7 Å². The van der Waals surface area contributed by atoms with Crippen molar-refractivity contribution in [1.29, 1.82) is 0 Å². The molecule has 112 valence electrons. The number of ether oxygens (including phenoxy) is 1. The molecule has 1 atom stereocenters. The topological polar surface area (TPSA) is 21.3 Å². The Morgan fingerprint density at radius 1 is 1.19 bits per heavy atom. The molecule has 2 rings (SSSR count). The Kier molecular flexibility index (Phi) is 5.34. The number of nitrogens with one attached hydrogen (secondary N) is 1. The second-order valence-electron chi connectivity index (χ2n) is 5.13. The summed E-state index contributed by atoms with van der Waals surface area (Å²) in [7, 11) is 1.66. The first kappa shape index (κ1) is 15.5. The third kappa shape index (κ3) is 3.82. The first-order chi connectivity index (χ1) is 10.2. The SMILES string of the molecule is CCNC(Cc1ccccc1F)c1ccc(OC)cc1C. The number of methoxy groups -OCH3 is 1. The molecule has 0 fully saturated rings. The summed E-state index contributed by atoms with van der Waals surface area (Å²) in [6.07, 6.45) is 0.633. The van der Waals surface area contributed by atoms with Crippen LogP contribution in [0.1, 0.15) is 29.7 Å². The molecule has 2 nitrogen and oxygen atoms in total. The smallest absolute Gasteiger partial charge is 0.126 e. The molecule has 0 amide bonds. The highest BCUT2D eigenvalue weighted by Gasteiger charge is 2.15. The molecule has 0 saturated heterocycles. The van der Waals surface area contributed by atoms with Gasteiger partial charge in [-0.2, -0.15) is 0 Å². The second-order valence-corrected chi connectivity index (χ2v) is 5.13. The minimum Gasteiger partial charge on any atom is -0.497 e. The van der Waals surface area contributed by atoms with E-state index in [4.69, 9.17) is 4.74 Å². The van der Waals surface area contributed by atoms with E-state index in [-0.39, 0.29) is 11.9 Å². The maximum Gasteiger partial charge on any atom is 0.126 e. The monoisotopic (exact) mass is 287 g/mol. The lowest BCUT2D eigenvalue weighted by Crippen LogP contribution is -2.24. The van der Waals surface area contributed by atoms with E-state index in [0.29, 0.717) is 6.42 Å². The fourth-order valence-electron chi connectivity index (χ4n) is 2.59. The Bertz CT molecular complexity index is 598. The summed E-state index contributed by atoms with van der Waals surface area (Å²) in [4.78, 5) is 0. The van der Waals surface area contributed by atoms with E-state index in [9.17, 15) is 4.39 Å². The first-order valence-corrected chi connectivity index (χ1v) is 7.27. The highest BCUT2D eigenvalue weighted by molar-refractivity contribution is 5.37. The van der Waals surface area contributed by atoms with Crippen molar-refractivity contribution in [3.8, 4) is 5.75 Å². The van der Waals surface area contributed by atoms with Gasteiger partial charge in [-0.15, -0.1) is 0 Å². The van der Waals surface area contributed by atoms with E-state index in [1.54, 1.807) is 13.2 Å². The van der Waals surface area contributed by atoms with Gasteiger partial charge in [0.2, 0.25) is 0 Å². The molecule has 0 heterocycles. The zero-order chi connectivity index (χ0) is 15.2. The summed E-state index contributed by atoms with van der Waals surface area (Å²) in [6.45, 7) is 4.96.